The average Bonchev–Trinajstić information content (AvgIpc) is 2.78. The first-order valence-corrected chi connectivity index (χ1v) is 5.95. The molecule has 1 aliphatic heterocycles. The first kappa shape index (κ1) is 9.06. The van der Waals surface area contributed by atoms with Gasteiger partial charge in [0, 0.05) is 0 Å². The number of imidazole rings is 1. The van der Waals surface area contributed by atoms with Gasteiger partial charge in [-0.2, -0.15) is 0 Å². The summed E-state index contributed by atoms with van der Waals surface area (Å²) in [7, 11) is 0. The number of aryl methyl sites for hydroxylation is 1. The predicted molar refractivity (Wildman–Crippen MR) is 64.7 cm³/mol. The Balaban J connectivity index is 2.31. The standard InChI is InChI=1S/C10H9N3S2/c1-6-8-4-11-10(14)9-7(2-3-15-9)13(8)5-12-6/h2-3,5H,4H2,1H3,(H,11,14). The second kappa shape index (κ2) is 3.15. The minimum absolute atomic E-state index is 0.756. The molecule has 3 rings (SSSR count). The van der Waals surface area contributed by atoms with E-state index in [-0.39, 0.29) is 0 Å². The van der Waals surface area contributed by atoms with Gasteiger partial charge in [-0.1, -0.05) is 12.2 Å². The van der Waals surface area contributed by atoms with Crippen LogP contribution in [0.25, 0.3) is 5.69 Å². The van der Waals surface area contributed by atoms with Crippen LogP contribution in [-0.4, -0.2) is 14.5 Å². The minimum atomic E-state index is 0.756. The molecule has 3 heterocycles. The van der Waals surface area contributed by atoms with Gasteiger partial charge in [0.2, 0.25) is 0 Å². The van der Waals surface area contributed by atoms with E-state index >= 15 is 0 Å². The molecule has 15 heavy (non-hydrogen) atoms. The maximum absolute atomic E-state index is 5.32. The van der Waals surface area contributed by atoms with Crippen molar-refractivity contribution < 1.29 is 0 Å². The highest BCUT2D eigenvalue weighted by molar-refractivity contribution is 7.81. The molecule has 0 saturated heterocycles. The summed E-state index contributed by atoms with van der Waals surface area (Å²) in [5.74, 6) is 0. The summed E-state index contributed by atoms with van der Waals surface area (Å²) in [6.45, 7) is 2.78. The van der Waals surface area contributed by atoms with Crippen molar-refractivity contribution in [1.29, 1.82) is 0 Å². The van der Waals surface area contributed by atoms with Gasteiger partial charge in [0.25, 0.3) is 0 Å². The van der Waals surface area contributed by atoms with Gasteiger partial charge in [-0.15, -0.1) is 11.3 Å². The number of thiocarbonyl (C=S) groups is 1. The van der Waals surface area contributed by atoms with Gasteiger partial charge < -0.3 is 5.32 Å². The highest BCUT2D eigenvalue weighted by Gasteiger charge is 2.19. The molecular formula is C10H9N3S2. The van der Waals surface area contributed by atoms with Crippen LogP contribution in [0.4, 0.5) is 0 Å². The number of fused-ring (bicyclic) bond motifs is 3. The second-order valence-corrected chi connectivity index (χ2v) is 4.79. The Morgan fingerprint density at radius 1 is 1.60 bits per heavy atom. The third-order valence-corrected chi connectivity index (χ3v) is 4.00. The van der Waals surface area contributed by atoms with Gasteiger partial charge in [-0.3, -0.25) is 4.57 Å². The molecule has 3 nitrogen and oxygen atoms in total. The lowest BCUT2D eigenvalue weighted by atomic mass is 10.3. The molecule has 0 radical (unpaired) electrons. The molecule has 2 aromatic heterocycles. The fourth-order valence-electron chi connectivity index (χ4n) is 1.79. The number of hydrogen-bond acceptors (Lipinski definition) is 3. The van der Waals surface area contributed by atoms with E-state index in [9.17, 15) is 0 Å². The number of thiophene rings is 1. The van der Waals surface area contributed by atoms with Crippen LogP contribution < -0.4 is 5.32 Å². The Labute approximate surface area is 96.8 Å². The zero-order chi connectivity index (χ0) is 10.4. The van der Waals surface area contributed by atoms with Gasteiger partial charge in [0.05, 0.1) is 34.8 Å². The lowest BCUT2D eigenvalue weighted by molar-refractivity contribution is 0.851. The third kappa shape index (κ3) is 1.23. The van der Waals surface area contributed by atoms with Crippen LogP contribution in [0.5, 0.6) is 0 Å². The van der Waals surface area contributed by atoms with Crippen molar-refractivity contribution in [3.8, 4) is 5.69 Å². The van der Waals surface area contributed by atoms with Crippen LogP contribution in [0.3, 0.4) is 0 Å². The molecule has 0 spiro atoms. The van der Waals surface area contributed by atoms with E-state index in [0.29, 0.717) is 0 Å². The van der Waals surface area contributed by atoms with E-state index in [0.717, 1.165) is 27.8 Å². The van der Waals surface area contributed by atoms with E-state index in [1.54, 1.807) is 11.3 Å². The normalized spacial score (nSPS) is 14.1. The third-order valence-electron chi connectivity index (χ3n) is 2.60. The molecule has 1 N–H and O–H groups in total. The van der Waals surface area contributed by atoms with Crippen molar-refractivity contribution in [1.82, 2.24) is 14.9 Å². The molecule has 0 fully saturated rings. The monoisotopic (exact) mass is 235 g/mol. The first-order chi connectivity index (χ1) is 7.27. The second-order valence-electron chi connectivity index (χ2n) is 3.46. The Kier molecular flexibility index (Phi) is 1.90. The van der Waals surface area contributed by atoms with Crippen molar-refractivity contribution in [3.05, 3.63) is 34.0 Å². The van der Waals surface area contributed by atoms with E-state index < -0.39 is 0 Å². The zero-order valence-electron chi connectivity index (χ0n) is 8.15. The van der Waals surface area contributed by atoms with Gasteiger partial charge in [-0.25, -0.2) is 4.98 Å². The van der Waals surface area contributed by atoms with E-state index in [1.807, 2.05) is 13.3 Å². The Hall–Kier alpha value is -1.20. The van der Waals surface area contributed by atoms with E-state index in [2.05, 4.69) is 26.3 Å². The van der Waals surface area contributed by atoms with Gasteiger partial charge in [-0.05, 0) is 18.4 Å². The van der Waals surface area contributed by atoms with Crippen LogP contribution in [0.1, 0.15) is 16.3 Å². The van der Waals surface area contributed by atoms with Crippen LogP contribution in [0, 0.1) is 6.92 Å². The van der Waals surface area contributed by atoms with Crippen LogP contribution in [-0.2, 0) is 6.54 Å². The number of hydrogen-bond donors (Lipinski definition) is 1. The molecular weight excluding hydrogens is 226 g/mol. The van der Waals surface area contributed by atoms with Crippen molar-refractivity contribution in [2.75, 3.05) is 0 Å². The van der Waals surface area contributed by atoms with E-state index in [4.69, 9.17) is 12.2 Å². The summed E-state index contributed by atoms with van der Waals surface area (Å²) in [5, 5.41) is 5.31. The smallest absolute Gasteiger partial charge is 0.119 e. The first-order valence-electron chi connectivity index (χ1n) is 4.66. The average molecular weight is 235 g/mol. The summed E-state index contributed by atoms with van der Waals surface area (Å²) in [6.07, 6.45) is 1.87. The molecule has 5 heteroatoms. The van der Waals surface area contributed by atoms with Crippen LogP contribution in [0.2, 0.25) is 0 Å². The minimum Gasteiger partial charge on any atom is -0.369 e. The van der Waals surface area contributed by atoms with Crippen LogP contribution in [0.15, 0.2) is 17.8 Å². The van der Waals surface area contributed by atoms with Gasteiger partial charge >= 0.3 is 0 Å². The zero-order valence-corrected chi connectivity index (χ0v) is 9.78. The summed E-state index contributed by atoms with van der Waals surface area (Å²) in [4.78, 5) is 6.29. The molecule has 0 amide bonds. The maximum Gasteiger partial charge on any atom is 0.119 e. The SMILES string of the molecule is Cc1ncn2c1CNC(=S)c1sccc1-2. The number of nitrogens with one attached hydrogen (secondary N) is 1. The quantitative estimate of drug-likeness (QED) is 0.709. The van der Waals surface area contributed by atoms with Crippen molar-refractivity contribution in [2.24, 2.45) is 0 Å². The molecule has 2 aromatic rings. The fraction of sp³-hybridized carbons (Fsp3) is 0.200. The lowest BCUT2D eigenvalue weighted by Crippen LogP contribution is -2.19. The Morgan fingerprint density at radius 3 is 3.33 bits per heavy atom. The molecule has 1 aliphatic rings. The number of aromatic nitrogens is 2. The molecule has 0 unspecified atom stereocenters. The number of nitrogens with zero attached hydrogens (tertiary/aromatic N) is 2. The van der Waals surface area contributed by atoms with Crippen molar-refractivity contribution in [3.63, 3.8) is 0 Å². The summed E-state index contributed by atoms with van der Waals surface area (Å²) in [6, 6.07) is 2.09. The highest BCUT2D eigenvalue weighted by atomic mass is 32.1. The fourth-order valence-corrected chi connectivity index (χ4v) is 2.91. The Bertz CT molecular complexity index is 539. The Morgan fingerprint density at radius 2 is 2.47 bits per heavy atom. The van der Waals surface area contributed by atoms with Gasteiger partial charge in [0.1, 0.15) is 4.99 Å². The molecule has 0 atom stereocenters. The van der Waals surface area contributed by atoms with Crippen LogP contribution >= 0.6 is 23.6 Å². The maximum atomic E-state index is 5.32. The van der Waals surface area contributed by atoms with Crippen molar-refractivity contribution in [2.45, 2.75) is 13.5 Å². The largest absolute Gasteiger partial charge is 0.369 e. The summed E-state index contributed by atoms with van der Waals surface area (Å²) >= 11 is 6.99. The topological polar surface area (TPSA) is 29.9 Å². The van der Waals surface area contributed by atoms with Gasteiger partial charge in [0.15, 0.2) is 0 Å². The highest BCUT2D eigenvalue weighted by Crippen LogP contribution is 2.26. The molecule has 0 saturated carbocycles. The summed E-state index contributed by atoms with van der Waals surface area (Å²) in [5.41, 5.74) is 3.39. The number of rotatable bonds is 0. The predicted octanol–water partition coefficient (Wildman–Crippen LogP) is 2.02. The van der Waals surface area contributed by atoms with Crippen molar-refractivity contribution >= 4 is 28.5 Å². The molecule has 0 bridgehead atoms. The molecule has 0 aromatic carbocycles. The summed E-state index contributed by atoms with van der Waals surface area (Å²) < 4.78 is 2.12. The molecule has 76 valence electrons. The lowest BCUT2D eigenvalue weighted by Gasteiger charge is -2.02. The van der Waals surface area contributed by atoms with E-state index in [1.165, 1.54) is 5.69 Å². The molecule has 0 aliphatic carbocycles.